The lowest BCUT2D eigenvalue weighted by molar-refractivity contribution is -0.384. The predicted molar refractivity (Wildman–Crippen MR) is 90.9 cm³/mol. The quantitative estimate of drug-likeness (QED) is 0.485. The van der Waals surface area contributed by atoms with Crippen molar-refractivity contribution in [3.05, 3.63) is 61.6 Å². The minimum atomic E-state index is -0.447. The molecule has 0 aliphatic rings. The molecular weight excluding hydrogens is 352 g/mol. The Labute approximate surface area is 146 Å². The van der Waals surface area contributed by atoms with E-state index in [0.29, 0.717) is 23.8 Å². The molecule has 24 heavy (non-hydrogen) atoms. The van der Waals surface area contributed by atoms with E-state index < -0.39 is 4.92 Å². The third kappa shape index (κ3) is 3.97. The van der Waals surface area contributed by atoms with Gasteiger partial charge in [-0.25, -0.2) is 0 Å². The van der Waals surface area contributed by atoms with Crippen molar-refractivity contribution < 1.29 is 9.45 Å². The highest BCUT2D eigenvalue weighted by molar-refractivity contribution is 7.16. The highest BCUT2D eigenvalue weighted by atomic mass is 35.5. The van der Waals surface area contributed by atoms with E-state index in [2.05, 4.69) is 10.1 Å². The third-order valence-corrected chi connectivity index (χ3v) is 4.48. The van der Waals surface area contributed by atoms with Crippen LogP contribution in [0.4, 0.5) is 5.69 Å². The zero-order valence-electron chi connectivity index (χ0n) is 12.7. The maximum atomic E-state index is 10.7. The minimum Gasteiger partial charge on any atom is -0.338 e. The topological polar surface area (TPSA) is 85.3 Å². The first-order chi connectivity index (χ1) is 11.5. The van der Waals surface area contributed by atoms with Crippen molar-refractivity contribution in [2.24, 2.45) is 0 Å². The molecule has 0 radical (unpaired) electrons. The fraction of sp³-hybridized carbons (Fsp3) is 0.200. The summed E-state index contributed by atoms with van der Waals surface area (Å²) in [5, 5.41) is 14.6. The van der Waals surface area contributed by atoms with Gasteiger partial charge in [0.1, 0.15) is 0 Å². The molecule has 0 bridgehead atoms. The Morgan fingerprint density at radius 2 is 2.00 bits per heavy atom. The SMILES string of the molecule is CN(Cc1nc(-c2ccc([N+](=O)[O-])cc2)no1)Cc1ccc(Cl)s1. The van der Waals surface area contributed by atoms with Gasteiger partial charge in [-0.1, -0.05) is 16.8 Å². The molecule has 0 saturated heterocycles. The van der Waals surface area contributed by atoms with E-state index in [9.17, 15) is 10.1 Å². The number of nitrogens with zero attached hydrogens (tertiary/aromatic N) is 4. The van der Waals surface area contributed by atoms with E-state index in [1.54, 1.807) is 12.1 Å². The number of aromatic nitrogens is 2. The lowest BCUT2D eigenvalue weighted by atomic mass is 10.2. The van der Waals surface area contributed by atoms with Gasteiger partial charge < -0.3 is 4.52 Å². The smallest absolute Gasteiger partial charge is 0.269 e. The highest BCUT2D eigenvalue weighted by Crippen LogP contribution is 2.23. The van der Waals surface area contributed by atoms with Gasteiger partial charge in [-0.05, 0) is 31.3 Å². The van der Waals surface area contributed by atoms with Crippen molar-refractivity contribution >= 4 is 28.6 Å². The summed E-state index contributed by atoms with van der Waals surface area (Å²) in [7, 11) is 1.95. The number of nitro groups is 1. The fourth-order valence-corrected chi connectivity index (χ4v) is 3.33. The molecule has 2 aromatic heterocycles. The van der Waals surface area contributed by atoms with Gasteiger partial charge in [-0.3, -0.25) is 15.0 Å². The Hall–Kier alpha value is -2.29. The minimum absolute atomic E-state index is 0.0248. The lowest BCUT2D eigenvalue weighted by Gasteiger charge is -2.12. The Kier molecular flexibility index (Phi) is 4.89. The number of non-ortho nitro benzene ring substituents is 1. The van der Waals surface area contributed by atoms with E-state index >= 15 is 0 Å². The molecule has 7 nitrogen and oxygen atoms in total. The number of benzene rings is 1. The van der Waals surface area contributed by atoms with Crippen molar-refractivity contribution in [2.75, 3.05) is 7.05 Å². The first-order valence-corrected chi connectivity index (χ1v) is 8.21. The molecular formula is C15H13ClN4O3S. The van der Waals surface area contributed by atoms with Gasteiger partial charge in [0.15, 0.2) is 0 Å². The monoisotopic (exact) mass is 364 g/mol. The summed E-state index contributed by atoms with van der Waals surface area (Å²) in [6.07, 6.45) is 0. The largest absolute Gasteiger partial charge is 0.338 e. The van der Waals surface area contributed by atoms with Crippen LogP contribution in [0.15, 0.2) is 40.9 Å². The van der Waals surface area contributed by atoms with E-state index in [4.69, 9.17) is 16.1 Å². The summed E-state index contributed by atoms with van der Waals surface area (Å²) in [6, 6.07) is 9.89. The molecule has 0 fully saturated rings. The first-order valence-electron chi connectivity index (χ1n) is 7.01. The fourth-order valence-electron chi connectivity index (χ4n) is 2.16. The van der Waals surface area contributed by atoms with Crippen LogP contribution in [-0.4, -0.2) is 27.0 Å². The zero-order chi connectivity index (χ0) is 17.1. The van der Waals surface area contributed by atoms with Crippen molar-refractivity contribution in [1.82, 2.24) is 15.0 Å². The van der Waals surface area contributed by atoms with Crippen LogP contribution in [0.25, 0.3) is 11.4 Å². The Bertz CT molecular complexity index is 847. The second kappa shape index (κ2) is 7.08. The molecule has 0 aliphatic carbocycles. The van der Waals surface area contributed by atoms with Crippen LogP contribution in [0.1, 0.15) is 10.8 Å². The van der Waals surface area contributed by atoms with Crippen LogP contribution in [0.2, 0.25) is 4.34 Å². The molecule has 124 valence electrons. The molecule has 3 rings (SSSR count). The number of halogens is 1. The first kappa shape index (κ1) is 16.6. The van der Waals surface area contributed by atoms with Gasteiger partial charge >= 0.3 is 0 Å². The number of hydrogen-bond acceptors (Lipinski definition) is 7. The molecule has 3 aromatic rings. The van der Waals surface area contributed by atoms with Crippen molar-refractivity contribution in [1.29, 1.82) is 0 Å². The number of nitro benzene ring substituents is 1. The Morgan fingerprint density at radius 1 is 1.25 bits per heavy atom. The second-order valence-corrected chi connectivity index (χ2v) is 6.99. The van der Waals surface area contributed by atoms with E-state index in [1.165, 1.54) is 23.5 Å². The maximum absolute atomic E-state index is 10.7. The summed E-state index contributed by atoms with van der Waals surface area (Å²) < 4.78 is 6.01. The molecule has 9 heteroatoms. The molecule has 0 amide bonds. The van der Waals surface area contributed by atoms with Gasteiger partial charge in [-0.2, -0.15) is 4.98 Å². The van der Waals surface area contributed by atoms with Crippen LogP contribution in [0.5, 0.6) is 0 Å². The average molecular weight is 365 g/mol. The molecule has 0 atom stereocenters. The molecule has 0 unspecified atom stereocenters. The Morgan fingerprint density at radius 3 is 2.62 bits per heavy atom. The molecule has 0 spiro atoms. The van der Waals surface area contributed by atoms with Crippen LogP contribution in [0.3, 0.4) is 0 Å². The lowest BCUT2D eigenvalue weighted by Crippen LogP contribution is -2.16. The summed E-state index contributed by atoms with van der Waals surface area (Å²) >= 11 is 7.46. The third-order valence-electron chi connectivity index (χ3n) is 3.26. The Balaban J connectivity index is 1.65. The highest BCUT2D eigenvalue weighted by Gasteiger charge is 2.13. The van der Waals surface area contributed by atoms with Crippen LogP contribution in [-0.2, 0) is 13.1 Å². The predicted octanol–water partition coefficient (Wildman–Crippen LogP) is 3.99. The van der Waals surface area contributed by atoms with E-state index in [0.717, 1.165) is 15.8 Å². The summed E-state index contributed by atoms with van der Waals surface area (Å²) in [6.45, 7) is 1.22. The summed E-state index contributed by atoms with van der Waals surface area (Å²) in [5.41, 5.74) is 0.695. The number of hydrogen-bond donors (Lipinski definition) is 0. The molecule has 2 heterocycles. The van der Waals surface area contributed by atoms with Gasteiger partial charge in [-0.15, -0.1) is 11.3 Å². The standard InChI is InChI=1S/C15H13ClN4O3S/c1-19(8-12-6-7-13(16)24-12)9-14-17-15(18-23-14)10-2-4-11(5-3-10)20(21)22/h2-7H,8-9H2,1H3. The summed E-state index contributed by atoms with van der Waals surface area (Å²) in [4.78, 5) is 17.7. The van der Waals surface area contributed by atoms with E-state index in [1.807, 2.05) is 24.1 Å². The molecule has 0 saturated carbocycles. The zero-order valence-corrected chi connectivity index (χ0v) is 14.3. The molecule has 0 aliphatic heterocycles. The number of thiophene rings is 1. The van der Waals surface area contributed by atoms with Gasteiger partial charge in [0.25, 0.3) is 5.69 Å². The van der Waals surface area contributed by atoms with Crippen molar-refractivity contribution in [2.45, 2.75) is 13.1 Å². The average Bonchev–Trinajstić information content (AvgIpc) is 3.16. The van der Waals surface area contributed by atoms with Crippen LogP contribution < -0.4 is 0 Å². The van der Waals surface area contributed by atoms with Crippen molar-refractivity contribution in [3.63, 3.8) is 0 Å². The normalized spacial score (nSPS) is 11.1. The van der Waals surface area contributed by atoms with Crippen LogP contribution in [0, 0.1) is 10.1 Å². The molecule has 1 aromatic carbocycles. The van der Waals surface area contributed by atoms with Crippen LogP contribution >= 0.6 is 22.9 Å². The van der Waals surface area contributed by atoms with Gasteiger partial charge in [0, 0.05) is 29.1 Å². The van der Waals surface area contributed by atoms with Gasteiger partial charge in [0.2, 0.25) is 11.7 Å². The maximum Gasteiger partial charge on any atom is 0.269 e. The van der Waals surface area contributed by atoms with Gasteiger partial charge in [0.05, 0.1) is 15.8 Å². The molecule has 0 N–H and O–H groups in total. The second-order valence-electron chi connectivity index (χ2n) is 5.19. The van der Waals surface area contributed by atoms with Crippen molar-refractivity contribution in [3.8, 4) is 11.4 Å². The van der Waals surface area contributed by atoms with E-state index in [-0.39, 0.29) is 5.69 Å². The summed E-state index contributed by atoms with van der Waals surface area (Å²) in [5.74, 6) is 0.890. The number of rotatable bonds is 6.